The average molecular weight is 341 g/mol. The van der Waals surface area contributed by atoms with E-state index in [2.05, 4.69) is 10.1 Å². The van der Waals surface area contributed by atoms with E-state index < -0.39 is 0 Å². The van der Waals surface area contributed by atoms with E-state index >= 15 is 0 Å². The number of aromatic nitrogens is 2. The number of carbonyl (C=O) groups is 1. The van der Waals surface area contributed by atoms with Crippen LogP contribution in [-0.4, -0.2) is 48.3 Å². The highest BCUT2D eigenvalue weighted by Crippen LogP contribution is 2.25. The molecule has 2 heterocycles. The average Bonchev–Trinajstić information content (AvgIpc) is 3.12. The van der Waals surface area contributed by atoms with Gasteiger partial charge in [0, 0.05) is 49.9 Å². The molecule has 0 saturated carbocycles. The zero-order chi connectivity index (χ0) is 17.6. The second-order valence-corrected chi connectivity index (χ2v) is 5.54. The fourth-order valence-electron chi connectivity index (χ4n) is 2.37. The van der Waals surface area contributed by atoms with Crippen molar-refractivity contribution in [1.82, 2.24) is 15.0 Å². The minimum atomic E-state index is -0.219. The third-order valence-corrected chi connectivity index (χ3v) is 3.77. The van der Waals surface area contributed by atoms with Crippen LogP contribution in [0.2, 0.25) is 0 Å². The van der Waals surface area contributed by atoms with Crippen molar-refractivity contribution < 1.29 is 18.8 Å². The number of nitrogens with zero attached hydrogens (tertiary/aromatic N) is 3. The Morgan fingerprint density at radius 1 is 1.32 bits per heavy atom. The molecule has 0 spiro atoms. The van der Waals surface area contributed by atoms with E-state index in [1.54, 1.807) is 32.6 Å². The first-order valence-corrected chi connectivity index (χ1v) is 7.84. The smallest absolute Gasteiger partial charge is 0.275 e. The van der Waals surface area contributed by atoms with Crippen LogP contribution in [0.4, 0.5) is 0 Å². The monoisotopic (exact) mass is 341 g/mol. The summed E-state index contributed by atoms with van der Waals surface area (Å²) < 4.78 is 16.0. The number of hydrogen-bond donors (Lipinski definition) is 0. The molecule has 130 valence electrons. The lowest BCUT2D eigenvalue weighted by Crippen LogP contribution is -2.30. The van der Waals surface area contributed by atoms with Crippen LogP contribution in [0.5, 0.6) is 5.75 Å². The zero-order valence-corrected chi connectivity index (χ0v) is 14.1. The molecule has 0 aliphatic carbocycles. The maximum atomic E-state index is 12.2. The van der Waals surface area contributed by atoms with Gasteiger partial charge in [-0.3, -0.25) is 9.78 Å². The zero-order valence-electron chi connectivity index (χ0n) is 14.1. The molecule has 0 aliphatic heterocycles. The molecule has 0 bridgehead atoms. The summed E-state index contributed by atoms with van der Waals surface area (Å²) in [6.07, 6.45) is 3.50. The SMILES string of the molecule is COCCN(C)C(=O)c1cc(COc2cccc3cnccc23)on1. The third kappa shape index (κ3) is 3.95. The maximum Gasteiger partial charge on any atom is 0.275 e. The summed E-state index contributed by atoms with van der Waals surface area (Å²) in [4.78, 5) is 17.8. The van der Waals surface area contributed by atoms with E-state index in [0.717, 1.165) is 16.5 Å². The van der Waals surface area contributed by atoms with Crippen LogP contribution in [0, 0.1) is 0 Å². The van der Waals surface area contributed by atoms with E-state index in [0.29, 0.717) is 18.9 Å². The summed E-state index contributed by atoms with van der Waals surface area (Å²) >= 11 is 0. The van der Waals surface area contributed by atoms with Gasteiger partial charge >= 0.3 is 0 Å². The first kappa shape index (κ1) is 16.9. The van der Waals surface area contributed by atoms with E-state index in [-0.39, 0.29) is 18.2 Å². The molecule has 0 N–H and O–H groups in total. The molecular weight excluding hydrogens is 322 g/mol. The number of benzene rings is 1. The van der Waals surface area contributed by atoms with Crippen LogP contribution in [0.25, 0.3) is 10.8 Å². The second kappa shape index (κ2) is 7.76. The van der Waals surface area contributed by atoms with Gasteiger partial charge in [0.1, 0.15) is 12.4 Å². The van der Waals surface area contributed by atoms with Gasteiger partial charge in [-0.1, -0.05) is 17.3 Å². The third-order valence-electron chi connectivity index (χ3n) is 3.77. The number of amides is 1. The first-order chi connectivity index (χ1) is 12.2. The number of carbonyl (C=O) groups excluding carboxylic acids is 1. The molecule has 0 radical (unpaired) electrons. The van der Waals surface area contributed by atoms with Crippen LogP contribution < -0.4 is 4.74 Å². The normalized spacial score (nSPS) is 10.8. The van der Waals surface area contributed by atoms with Gasteiger partial charge < -0.3 is 18.9 Å². The van der Waals surface area contributed by atoms with Crippen molar-refractivity contribution >= 4 is 16.7 Å². The van der Waals surface area contributed by atoms with Crippen molar-refractivity contribution in [1.29, 1.82) is 0 Å². The number of fused-ring (bicyclic) bond motifs is 1. The van der Waals surface area contributed by atoms with Gasteiger partial charge in [-0.2, -0.15) is 0 Å². The molecule has 3 aromatic rings. The van der Waals surface area contributed by atoms with Gasteiger partial charge in [0.25, 0.3) is 5.91 Å². The second-order valence-electron chi connectivity index (χ2n) is 5.54. The molecule has 0 atom stereocenters. The number of likely N-dealkylation sites (N-methyl/N-ethyl adjacent to an activating group) is 1. The van der Waals surface area contributed by atoms with Gasteiger partial charge in [-0.15, -0.1) is 0 Å². The molecule has 2 aromatic heterocycles. The van der Waals surface area contributed by atoms with Crippen molar-refractivity contribution in [2.24, 2.45) is 0 Å². The van der Waals surface area contributed by atoms with Crippen molar-refractivity contribution in [3.05, 3.63) is 54.2 Å². The number of ether oxygens (including phenoxy) is 2. The Balaban J connectivity index is 1.66. The van der Waals surface area contributed by atoms with Crippen LogP contribution in [0.1, 0.15) is 16.2 Å². The quantitative estimate of drug-likeness (QED) is 0.657. The van der Waals surface area contributed by atoms with Crippen LogP contribution >= 0.6 is 0 Å². The lowest BCUT2D eigenvalue weighted by Gasteiger charge is -2.14. The Labute approximate surface area is 145 Å². The minimum Gasteiger partial charge on any atom is -0.485 e. The van der Waals surface area contributed by atoms with E-state index in [4.69, 9.17) is 14.0 Å². The van der Waals surface area contributed by atoms with Gasteiger partial charge in [-0.05, 0) is 12.1 Å². The summed E-state index contributed by atoms with van der Waals surface area (Å²) in [6, 6.07) is 9.24. The molecule has 7 nitrogen and oxygen atoms in total. The van der Waals surface area contributed by atoms with E-state index in [1.807, 2.05) is 24.3 Å². The molecular formula is C18H19N3O4. The highest BCUT2D eigenvalue weighted by atomic mass is 16.5. The van der Waals surface area contributed by atoms with E-state index in [1.165, 1.54) is 4.90 Å². The van der Waals surface area contributed by atoms with Crippen LogP contribution in [-0.2, 0) is 11.3 Å². The van der Waals surface area contributed by atoms with Crippen LogP contribution in [0.3, 0.4) is 0 Å². The number of pyridine rings is 1. The molecule has 0 unspecified atom stereocenters. The van der Waals surface area contributed by atoms with Crippen LogP contribution in [0.15, 0.2) is 47.2 Å². The Kier molecular flexibility index (Phi) is 5.25. The molecule has 1 aromatic carbocycles. The van der Waals surface area contributed by atoms with Gasteiger partial charge in [0.05, 0.1) is 6.61 Å². The van der Waals surface area contributed by atoms with Gasteiger partial charge in [-0.25, -0.2) is 0 Å². The summed E-state index contributed by atoms with van der Waals surface area (Å²) in [6.45, 7) is 1.13. The minimum absolute atomic E-state index is 0.184. The van der Waals surface area contributed by atoms with Gasteiger partial charge in [0.15, 0.2) is 11.5 Å². The standard InChI is InChI=1S/C18H19N3O4/c1-21(8-9-23-2)18(22)16-10-14(25-20-16)12-24-17-5-3-4-13-11-19-7-6-15(13)17/h3-7,10-11H,8-9,12H2,1-2H3. The Hall–Kier alpha value is -2.93. The number of methoxy groups -OCH3 is 1. The predicted octanol–water partition coefficient (Wildman–Crippen LogP) is 2.52. The van der Waals surface area contributed by atoms with Crippen molar-refractivity contribution in [3.63, 3.8) is 0 Å². The summed E-state index contributed by atoms with van der Waals surface area (Å²) in [7, 11) is 3.28. The van der Waals surface area contributed by atoms with Crippen molar-refractivity contribution in [3.8, 4) is 5.75 Å². The molecule has 0 aliphatic rings. The predicted molar refractivity (Wildman–Crippen MR) is 91.4 cm³/mol. The molecule has 0 saturated heterocycles. The highest BCUT2D eigenvalue weighted by Gasteiger charge is 2.17. The molecule has 1 amide bonds. The summed E-state index contributed by atoms with van der Waals surface area (Å²) in [5.41, 5.74) is 0.249. The molecule has 25 heavy (non-hydrogen) atoms. The maximum absolute atomic E-state index is 12.2. The lowest BCUT2D eigenvalue weighted by atomic mass is 10.1. The largest absolute Gasteiger partial charge is 0.485 e. The summed E-state index contributed by atoms with van der Waals surface area (Å²) in [5, 5.41) is 5.78. The highest BCUT2D eigenvalue weighted by molar-refractivity contribution is 5.92. The Bertz CT molecular complexity index is 857. The van der Waals surface area contributed by atoms with Crippen molar-refractivity contribution in [2.45, 2.75) is 6.61 Å². The first-order valence-electron chi connectivity index (χ1n) is 7.84. The van der Waals surface area contributed by atoms with Crippen molar-refractivity contribution in [2.75, 3.05) is 27.3 Å². The topological polar surface area (TPSA) is 77.7 Å². The Morgan fingerprint density at radius 3 is 3.04 bits per heavy atom. The fraction of sp³-hybridized carbons (Fsp3) is 0.278. The number of rotatable bonds is 7. The lowest BCUT2D eigenvalue weighted by molar-refractivity contribution is 0.0734. The number of hydrogen-bond acceptors (Lipinski definition) is 6. The molecule has 0 fully saturated rings. The Morgan fingerprint density at radius 2 is 2.20 bits per heavy atom. The van der Waals surface area contributed by atoms with Gasteiger partial charge in [0.2, 0.25) is 0 Å². The summed E-state index contributed by atoms with van der Waals surface area (Å²) in [5.74, 6) is 0.985. The molecule has 3 rings (SSSR count). The van der Waals surface area contributed by atoms with E-state index in [9.17, 15) is 4.79 Å². The molecule has 7 heteroatoms. The fourth-order valence-corrected chi connectivity index (χ4v) is 2.37.